The molecule has 1 aliphatic heterocycles. The van der Waals surface area contributed by atoms with E-state index in [1.165, 1.54) is 16.0 Å². The minimum Gasteiger partial charge on any atom is -0.448 e. The van der Waals surface area contributed by atoms with Crippen LogP contribution in [0.1, 0.15) is 22.6 Å². The van der Waals surface area contributed by atoms with Gasteiger partial charge in [-0.2, -0.15) is 0 Å². The van der Waals surface area contributed by atoms with Crippen molar-refractivity contribution in [2.45, 2.75) is 18.5 Å². The molecular formula is C26H24N2O4. The Kier molecular flexibility index (Phi) is 5.60. The number of carbonyl (C=O) groups excluding carboxylic acids is 2. The lowest BCUT2D eigenvalue weighted by atomic mass is 9.98. The molecule has 32 heavy (non-hydrogen) atoms. The van der Waals surface area contributed by atoms with Crippen LogP contribution in [0.25, 0.3) is 11.1 Å². The van der Waals surface area contributed by atoms with Crippen molar-refractivity contribution in [3.63, 3.8) is 0 Å². The van der Waals surface area contributed by atoms with Crippen LogP contribution < -0.4 is 5.32 Å². The highest BCUT2D eigenvalue weighted by Crippen LogP contribution is 2.44. The number of carbonyl (C=O) groups is 2. The lowest BCUT2D eigenvalue weighted by Gasteiger charge is -2.22. The van der Waals surface area contributed by atoms with Crippen molar-refractivity contribution in [2.75, 3.05) is 19.9 Å². The smallest absolute Gasteiger partial charge is 0.413 e. The fraction of sp³-hybridized carbons (Fsp3) is 0.231. The van der Waals surface area contributed by atoms with Gasteiger partial charge >= 0.3 is 12.1 Å². The summed E-state index contributed by atoms with van der Waals surface area (Å²) in [6.45, 7) is 1.02. The number of hydrogen-bond acceptors (Lipinski definition) is 5. The van der Waals surface area contributed by atoms with Gasteiger partial charge in [0.05, 0.1) is 0 Å². The molecule has 5 rings (SSSR count). The zero-order chi connectivity index (χ0) is 21.9. The Morgan fingerprint density at radius 3 is 2.25 bits per heavy atom. The Labute approximate surface area is 186 Å². The first kappa shape index (κ1) is 20.3. The van der Waals surface area contributed by atoms with Crippen LogP contribution >= 0.6 is 0 Å². The Balaban J connectivity index is 1.23. The maximum atomic E-state index is 12.9. The fourth-order valence-corrected chi connectivity index (χ4v) is 4.45. The second-order valence-corrected chi connectivity index (χ2v) is 8.00. The summed E-state index contributed by atoms with van der Waals surface area (Å²) in [5.41, 5.74) is 5.75. The second-order valence-electron chi connectivity index (χ2n) is 8.00. The van der Waals surface area contributed by atoms with Gasteiger partial charge in [-0.1, -0.05) is 78.9 Å². The highest BCUT2D eigenvalue weighted by Gasteiger charge is 2.39. The molecule has 3 aromatic rings. The fourth-order valence-electron chi connectivity index (χ4n) is 4.45. The molecule has 0 aromatic heterocycles. The van der Waals surface area contributed by atoms with Gasteiger partial charge in [-0.15, -0.1) is 0 Å². The number of cyclic esters (lactones) is 1. The van der Waals surface area contributed by atoms with E-state index in [9.17, 15) is 9.59 Å². The van der Waals surface area contributed by atoms with Crippen LogP contribution in [0.3, 0.4) is 0 Å². The van der Waals surface area contributed by atoms with Crippen LogP contribution in [-0.4, -0.2) is 42.9 Å². The van der Waals surface area contributed by atoms with Gasteiger partial charge in [-0.05, 0) is 27.8 Å². The van der Waals surface area contributed by atoms with Gasteiger partial charge in [0.25, 0.3) is 0 Å². The van der Waals surface area contributed by atoms with Crippen molar-refractivity contribution in [1.82, 2.24) is 10.2 Å². The maximum Gasteiger partial charge on any atom is 0.413 e. The minimum absolute atomic E-state index is 0.0276. The molecule has 162 valence electrons. The summed E-state index contributed by atoms with van der Waals surface area (Å²) in [7, 11) is 0. The molecule has 1 fully saturated rings. The van der Waals surface area contributed by atoms with Crippen molar-refractivity contribution in [3.8, 4) is 11.1 Å². The van der Waals surface area contributed by atoms with E-state index in [1.807, 2.05) is 54.6 Å². The number of hydrogen-bond donors (Lipinski definition) is 1. The molecule has 0 spiro atoms. The molecule has 1 N–H and O–H groups in total. The van der Waals surface area contributed by atoms with Crippen LogP contribution in [0.15, 0.2) is 78.9 Å². The number of fused-ring (bicyclic) bond motifs is 3. The third-order valence-corrected chi connectivity index (χ3v) is 6.07. The van der Waals surface area contributed by atoms with Gasteiger partial charge in [0.1, 0.15) is 12.6 Å². The topological polar surface area (TPSA) is 67.9 Å². The molecule has 1 heterocycles. The van der Waals surface area contributed by atoms with E-state index in [1.54, 1.807) is 0 Å². The predicted molar refractivity (Wildman–Crippen MR) is 120 cm³/mol. The predicted octanol–water partition coefficient (Wildman–Crippen LogP) is 3.91. The van der Waals surface area contributed by atoms with Crippen LogP contribution in [0, 0.1) is 0 Å². The van der Waals surface area contributed by atoms with Gasteiger partial charge < -0.3 is 14.8 Å². The number of nitrogens with zero attached hydrogens (tertiary/aromatic N) is 1. The molecular weight excluding hydrogens is 404 g/mol. The highest BCUT2D eigenvalue weighted by atomic mass is 16.6. The lowest BCUT2D eigenvalue weighted by molar-refractivity contribution is -0.139. The third-order valence-electron chi connectivity index (χ3n) is 6.07. The summed E-state index contributed by atoms with van der Waals surface area (Å²) >= 11 is 0. The number of benzene rings is 3. The van der Waals surface area contributed by atoms with E-state index in [-0.39, 0.29) is 19.3 Å². The number of rotatable bonds is 6. The van der Waals surface area contributed by atoms with E-state index in [2.05, 4.69) is 29.6 Å². The standard InChI is InChI=1S/C26H24N2O4/c29-25-24(15-27-14-18-8-2-1-3-9-18)28(17-32-25)26(30)31-16-23-21-12-6-4-10-19(21)20-11-5-7-13-22(20)23/h1-13,23-24,27H,14-17H2/t24-/m0/s1. The minimum atomic E-state index is -0.700. The number of ether oxygens (including phenoxy) is 2. The first-order valence-corrected chi connectivity index (χ1v) is 10.8. The quantitative estimate of drug-likeness (QED) is 0.603. The average Bonchev–Trinajstić information content (AvgIpc) is 3.36. The van der Waals surface area contributed by atoms with Crippen LogP contribution in [0.5, 0.6) is 0 Å². The molecule has 6 nitrogen and oxygen atoms in total. The molecule has 6 heteroatoms. The van der Waals surface area contributed by atoms with Crippen molar-refractivity contribution in [3.05, 3.63) is 95.6 Å². The Hall–Kier alpha value is -3.64. The summed E-state index contributed by atoms with van der Waals surface area (Å²) in [5.74, 6) is -0.445. The van der Waals surface area contributed by atoms with Crippen LogP contribution in [0.2, 0.25) is 0 Å². The summed E-state index contributed by atoms with van der Waals surface area (Å²) in [4.78, 5) is 26.4. The zero-order valence-electron chi connectivity index (χ0n) is 17.6. The van der Waals surface area contributed by atoms with Crippen molar-refractivity contribution < 1.29 is 19.1 Å². The summed E-state index contributed by atoms with van der Waals surface area (Å²) in [6, 6.07) is 25.6. The average molecular weight is 428 g/mol. The Morgan fingerprint density at radius 1 is 0.938 bits per heavy atom. The normalized spacial score (nSPS) is 17.1. The molecule has 1 aliphatic carbocycles. The molecule has 0 bridgehead atoms. The number of amides is 1. The van der Waals surface area contributed by atoms with Crippen LogP contribution in [0.4, 0.5) is 4.79 Å². The largest absolute Gasteiger partial charge is 0.448 e. The van der Waals surface area contributed by atoms with Gasteiger partial charge in [0, 0.05) is 19.0 Å². The van der Waals surface area contributed by atoms with E-state index < -0.39 is 18.1 Å². The van der Waals surface area contributed by atoms with Crippen molar-refractivity contribution in [2.24, 2.45) is 0 Å². The molecule has 3 aromatic carbocycles. The second kappa shape index (κ2) is 8.85. The third kappa shape index (κ3) is 3.85. The molecule has 1 saturated heterocycles. The van der Waals surface area contributed by atoms with Gasteiger partial charge in [-0.3, -0.25) is 4.90 Å². The molecule has 1 atom stereocenters. The van der Waals surface area contributed by atoms with Crippen LogP contribution in [-0.2, 0) is 20.8 Å². The van der Waals surface area contributed by atoms with E-state index in [0.29, 0.717) is 13.1 Å². The molecule has 0 unspecified atom stereocenters. The summed E-state index contributed by atoms with van der Waals surface area (Å²) in [6.07, 6.45) is -0.538. The van der Waals surface area contributed by atoms with Gasteiger partial charge in [-0.25, -0.2) is 9.59 Å². The van der Waals surface area contributed by atoms with Gasteiger partial charge in [0.2, 0.25) is 0 Å². The monoisotopic (exact) mass is 428 g/mol. The van der Waals surface area contributed by atoms with E-state index >= 15 is 0 Å². The molecule has 0 saturated carbocycles. The van der Waals surface area contributed by atoms with Crippen molar-refractivity contribution in [1.29, 1.82) is 0 Å². The highest BCUT2D eigenvalue weighted by molar-refractivity contribution is 5.84. The van der Waals surface area contributed by atoms with E-state index in [0.717, 1.165) is 16.7 Å². The maximum absolute atomic E-state index is 12.9. The van der Waals surface area contributed by atoms with E-state index in [4.69, 9.17) is 9.47 Å². The zero-order valence-corrected chi connectivity index (χ0v) is 17.6. The van der Waals surface area contributed by atoms with Gasteiger partial charge in [0.15, 0.2) is 6.73 Å². The molecule has 1 amide bonds. The van der Waals surface area contributed by atoms with Crippen molar-refractivity contribution >= 4 is 12.1 Å². The number of esters is 1. The molecule has 0 radical (unpaired) electrons. The lowest BCUT2D eigenvalue weighted by Crippen LogP contribution is -2.44. The number of nitrogens with one attached hydrogen (secondary N) is 1. The first-order valence-electron chi connectivity index (χ1n) is 10.8. The first-order chi connectivity index (χ1) is 15.7. The summed E-state index contributed by atoms with van der Waals surface area (Å²) < 4.78 is 10.8. The SMILES string of the molecule is O=C1OCN(C(=O)OCC2c3ccccc3-c3ccccc32)[C@H]1CNCc1ccccc1. The molecule has 2 aliphatic rings. The Morgan fingerprint density at radius 2 is 1.56 bits per heavy atom. The summed E-state index contributed by atoms with van der Waals surface area (Å²) in [5, 5.41) is 3.23. The Bertz CT molecular complexity index is 1090.